The van der Waals surface area contributed by atoms with Crippen molar-refractivity contribution in [2.24, 2.45) is 5.73 Å². The molecule has 4 aromatic rings. The fourth-order valence-corrected chi connectivity index (χ4v) is 6.54. The lowest BCUT2D eigenvalue weighted by atomic mass is 9.95. The number of para-hydroxylation sites is 1. The summed E-state index contributed by atoms with van der Waals surface area (Å²) in [5, 5.41) is 21.7. The Morgan fingerprint density at radius 1 is 1.04 bits per heavy atom. The van der Waals surface area contributed by atoms with Gasteiger partial charge in [0.2, 0.25) is 17.7 Å². The van der Waals surface area contributed by atoms with E-state index < -0.39 is 24.2 Å². The van der Waals surface area contributed by atoms with Gasteiger partial charge >= 0.3 is 0 Å². The van der Waals surface area contributed by atoms with Crippen molar-refractivity contribution in [3.63, 3.8) is 0 Å². The summed E-state index contributed by atoms with van der Waals surface area (Å²) in [4.78, 5) is 52.6. The highest BCUT2D eigenvalue weighted by Crippen LogP contribution is 2.21. The van der Waals surface area contributed by atoms with Crippen LogP contribution in [0.25, 0.3) is 10.9 Å². The first-order chi connectivity index (χ1) is 23.2. The number of H-pyrrole nitrogens is 2. The third-order valence-electron chi connectivity index (χ3n) is 8.96. The lowest BCUT2D eigenvalue weighted by Crippen LogP contribution is -2.62. The Bertz CT molecular complexity index is 1670. The van der Waals surface area contributed by atoms with Crippen molar-refractivity contribution in [3.8, 4) is 0 Å². The van der Waals surface area contributed by atoms with E-state index in [-0.39, 0.29) is 36.1 Å². The van der Waals surface area contributed by atoms with Gasteiger partial charge in [0.1, 0.15) is 12.1 Å². The molecular formula is C35H46N10O3. The molecular weight excluding hydrogens is 608 g/mol. The predicted octanol–water partition coefficient (Wildman–Crippen LogP) is 1.73. The molecule has 0 aliphatic carbocycles. The molecule has 1 unspecified atom stereocenters. The number of benzene rings is 2. The van der Waals surface area contributed by atoms with Gasteiger partial charge in [0.05, 0.1) is 18.1 Å². The van der Waals surface area contributed by atoms with Crippen molar-refractivity contribution in [3.05, 3.63) is 90.1 Å². The van der Waals surface area contributed by atoms with E-state index in [1.165, 1.54) is 13.3 Å². The second kappa shape index (κ2) is 16.1. The third kappa shape index (κ3) is 8.79. The van der Waals surface area contributed by atoms with Gasteiger partial charge in [-0.3, -0.25) is 25.1 Å². The zero-order valence-corrected chi connectivity index (χ0v) is 27.5. The lowest BCUT2D eigenvalue weighted by molar-refractivity contribution is -0.133. The van der Waals surface area contributed by atoms with Crippen LogP contribution >= 0.6 is 0 Å². The van der Waals surface area contributed by atoms with Crippen LogP contribution in [0.3, 0.4) is 0 Å². The van der Waals surface area contributed by atoms with E-state index in [2.05, 4.69) is 42.3 Å². The summed E-state index contributed by atoms with van der Waals surface area (Å²) in [5.41, 5.74) is 9.63. The van der Waals surface area contributed by atoms with Crippen molar-refractivity contribution >= 4 is 34.6 Å². The maximum atomic E-state index is 14.3. The molecule has 3 heterocycles. The van der Waals surface area contributed by atoms with E-state index in [0.29, 0.717) is 44.5 Å². The molecule has 48 heavy (non-hydrogen) atoms. The molecule has 13 nitrogen and oxygen atoms in total. The number of hydrogen-bond donors (Lipinski definition) is 8. The van der Waals surface area contributed by atoms with Gasteiger partial charge in [-0.05, 0) is 42.9 Å². The van der Waals surface area contributed by atoms with E-state index >= 15 is 0 Å². The average molecular weight is 655 g/mol. The van der Waals surface area contributed by atoms with Crippen LogP contribution in [-0.4, -0.2) is 86.8 Å². The number of fused-ring (bicyclic) bond motifs is 1. The summed E-state index contributed by atoms with van der Waals surface area (Å²) in [5.74, 6) is -0.964. The van der Waals surface area contributed by atoms with Crippen LogP contribution in [-0.2, 0) is 33.6 Å². The summed E-state index contributed by atoms with van der Waals surface area (Å²) < 4.78 is 0. The Labute approximate surface area is 280 Å². The molecule has 1 fully saturated rings. The number of imidazole rings is 1. The Balaban J connectivity index is 1.42. The second-order valence-corrected chi connectivity index (χ2v) is 12.4. The zero-order chi connectivity index (χ0) is 34.0. The van der Waals surface area contributed by atoms with Crippen LogP contribution in [0, 0.1) is 5.41 Å². The quantitative estimate of drug-likeness (QED) is 0.0748. The first kappa shape index (κ1) is 34.2. The smallest absolute Gasteiger partial charge is 0.243 e. The van der Waals surface area contributed by atoms with Gasteiger partial charge in [-0.1, -0.05) is 55.5 Å². The summed E-state index contributed by atoms with van der Waals surface area (Å²) in [6.45, 7) is 4.30. The molecule has 3 amide bonds. The standard InChI is InChI=1S/C35H46N10O3/c1-3-27(44-35(36)37)32-34(48)45(15-13-24-19-39-28-12-8-7-11-26(24)28)16-14-29(42-32)30(17-23-9-5-4-6-10-23)43-33(47)31(41-22(2)46)18-25-20-38-21-40-25/h4-12,19-21,27,29-32,39,42H,3,13-18H2,1-2H3,(H,38,40)(H,41,46)(H,43,47)(H4,36,37,44)/t27?,29-,30-,31-,32-/m0/s1. The highest BCUT2D eigenvalue weighted by atomic mass is 16.2. The van der Waals surface area contributed by atoms with Crippen molar-refractivity contribution in [1.29, 1.82) is 5.41 Å². The predicted molar refractivity (Wildman–Crippen MR) is 185 cm³/mol. The number of guanidine groups is 1. The Morgan fingerprint density at radius 3 is 2.52 bits per heavy atom. The molecule has 2 aromatic carbocycles. The fraction of sp³-hybridized carbons (Fsp3) is 0.400. The number of carbonyl (C=O) groups is 3. The normalized spacial score (nSPS) is 18.5. The molecule has 13 heteroatoms. The molecule has 2 aromatic heterocycles. The summed E-state index contributed by atoms with van der Waals surface area (Å²) in [6, 6.07) is 15.2. The molecule has 1 aliphatic heterocycles. The molecule has 5 atom stereocenters. The Kier molecular flexibility index (Phi) is 11.5. The number of nitrogens with zero attached hydrogens (tertiary/aromatic N) is 2. The maximum absolute atomic E-state index is 14.3. The first-order valence-electron chi connectivity index (χ1n) is 16.5. The van der Waals surface area contributed by atoms with Crippen molar-refractivity contribution in [2.75, 3.05) is 13.1 Å². The number of carbonyl (C=O) groups excluding carboxylic acids is 3. The number of aromatic amines is 2. The number of hydrogen-bond acceptors (Lipinski definition) is 6. The molecule has 0 bridgehead atoms. The number of nitrogens with one attached hydrogen (secondary N) is 7. The largest absolute Gasteiger partial charge is 0.370 e. The van der Waals surface area contributed by atoms with Gasteiger partial charge in [0.15, 0.2) is 5.96 Å². The van der Waals surface area contributed by atoms with Gasteiger partial charge in [-0.15, -0.1) is 0 Å². The minimum absolute atomic E-state index is 0.0858. The van der Waals surface area contributed by atoms with Crippen LogP contribution in [0.1, 0.15) is 43.5 Å². The summed E-state index contributed by atoms with van der Waals surface area (Å²) in [7, 11) is 0. The topological polar surface area (TPSA) is 197 Å². The number of aromatic nitrogens is 3. The maximum Gasteiger partial charge on any atom is 0.243 e. The molecule has 0 saturated carbocycles. The number of rotatable bonds is 14. The molecule has 1 saturated heterocycles. The van der Waals surface area contributed by atoms with Crippen LogP contribution in [0.15, 0.2) is 73.3 Å². The van der Waals surface area contributed by atoms with Gasteiger partial charge in [0.25, 0.3) is 0 Å². The van der Waals surface area contributed by atoms with Crippen LogP contribution in [0.2, 0.25) is 0 Å². The zero-order valence-electron chi connectivity index (χ0n) is 27.5. The van der Waals surface area contributed by atoms with Crippen molar-refractivity contribution < 1.29 is 14.4 Å². The third-order valence-corrected chi connectivity index (χ3v) is 8.96. The van der Waals surface area contributed by atoms with E-state index in [9.17, 15) is 14.4 Å². The van der Waals surface area contributed by atoms with E-state index in [0.717, 1.165) is 22.0 Å². The molecule has 5 rings (SSSR count). The van der Waals surface area contributed by atoms with Crippen LogP contribution < -0.4 is 27.0 Å². The highest BCUT2D eigenvalue weighted by molar-refractivity contribution is 5.88. The van der Waals surface area contributed by atoms with Gasteiger partial charge in [-0.25, -0.2) is 4.98 Å². The summed E-state index contributed by atoms with van der Waals surface area (Å²) >= 11 is 0. The van der Waals surface area contributed by atoms with Gasteiger partial charge in [-0.2, -0.15) is 0 Å². The first-order valence-corrected chi connectivity index (χ1v) is 16.5. The van der Waals surface area contributed by atoms with E-state index in [1.807, 2.05) is 66.6 Å². The highest BCUT2D eigenvalue weighted by Gasteiger charge is 2.39. The molecule has 254 valence electrons. The minimum Gasteiger partial charge on any atom is -0.370 e. The van der Waals surface area contributed by atoms with Crippen molar-refractivity contribution in [2.45, 2.75) is 76.2 Å². The number of nitrogens with two attached hydrogens (primary N) is 1. The Morgan fingerprint density at radius 2 is 1.81 bits per heavy atom. The molecule has 9 N–H and O–H groups in total. The second-order valence-electron chi connectivity index (χ2n) is 12.4. The molecule has 0 radical (unpaired) electrons. The summed E-state index contributed by atoms with van der Waals surface area (Å²) in [6.07, 6.45) is 7.71. The van der Waals surface area contributed by atoms with Crippen LogP contribution in [0.4, 0.5) is 0 Å². The Hall–Kier alpha value is -5.17. The number of amides is 3. The average Bonchev–Trinajstić information content (AvgIpc) is 3.71. The fourth-order valence-electron chi connectivity index (χ4n) is 6.54. The molecule has 0 spiro atoms. The SMILES string of the molecule is CCC(NC(=N)N)[C@@H]1N[C@H]([C@H](Cc2ccccc2)NC(=O)[C@H](Cc2c[nH]cn2)NC(C)=O)CCN(CCc2c[nH]c3ccccc23)C1=O. The van der Waals surface area contributed by atoms with Gasteiger partial charge in [0, 0.05) is 61.8 Å². The van der Waals surface area contributed by atoms with Crippen LogP contribution in [0.5, 0.6) is 0 Å². The van der Waals surface area contributed by atoms with E-state index in [4.69, 9.17) is 11.1 Å². The van der Waals surface area contributed by atoms with Gasteiger partial charge < -0.3 is 36.6 Å². The monoisotopic (exact) mass is 654 g/mol. The van der Waals surface area contributed by atoms with Crippen molar-refractivity contribution in [1.82, 2.24) is 41.1 Å². The lowest BCUT2D eigenvalue weighted by Gasteiger charge is -2.34. The van der Waals surface area contributed by atoms with E-state index in [1.54, 1.807) is 6.20 Å². The minimum atomic E-state index is -0.845. The molecule has 1 aliphatic rings.